The third-order valence-corrected chi connectivity index (χ3v) is 10.6. The van der Waals surface area contributed by atoms with Gasteiger partial charge < -0.3 is 14.5 Å². The maximum absolute atomic E-state index is 14.5. The number of nitrogens with zero attached hydrogens (tertiary/aromatic N) is 7. The standard InChI is InChI=1S/C39H38ClN7O4S/c1-4-50-33(48)17-9-10-21-51-45-35(26-12-11-19-41-22-26)27-13-5-6-14-28(27)38(49)46-20-18-30-32(23-46)52-39-34(30)36(29-15-7-8-16-31(29)40)42-24(2)37-44-43-25(3)47(37)39/h5-8,11-16,19,22,24H,4,9-10,17-18,20-21,23H2,1-3H3/b45-35+. The average molecular weight is 736 g/mol. The molecule has 1 unspecified atom stereocenters. The van der Waals surface area contributed by atoms with Gasteiger partial charge in [0.05, 0.1) is 18.9 Å². The molecule has 266 valence electrons. The second-order valence-corrected chi connectivity index (χ2v) is 14.0. The second kappa shape index (κ2) is 15.6. The summed E-state index contributed by atoms with van der Waals surface area (Å²) in [5, 5.41) is 15.1. The maximum Gasteiger partial charge on any atom is 0.305 e. The lowest BCUT2D eigenvalue weighted by Crippen LogP contribution is -2.36. The molecule has 0 saturated carbocycles. The van der Waals surface area contributed by atoms with E-state index in [-0.39, 0.29) is 17.9 Å². The van der Waals surface area contributed by atoms with Crippen LogP contribution in [0.2, 0.25) is 5.02 Å². The van der Waals surface area contributed by atoms with Gasteiger partial charge in [0, 0.05) is 63.1 Å². The highest BCUT2D eigenvalue weighted by molar-refractivity contribution is 7.15. The summed E-state index contributed by atoms with van der Waals surface area (Å²) < 4.78 is 7.12. The lowest BCUT2D eigenvalue weighted by molar-refractivity contribution is -0.143. The molecule has 0 bridgehead atoms. The normalized spacial score (nSPS) is 15.2. The summed E-state index contributed by atoms with van der Waals surface area (Å²) in [5.41, 5.74) is 6.28. The molecule has 3 aromatic heterocycles. The summed E-state index contributed by atoms with van der Waals surface area (Å²) in [7, 11) is 0. The van der Waals surface area contributed by atoms with Crippen molar-refractivity contribution in [2.75, 3.05) is 19.8 Å². The minimum absolute atomic E-state index is 0.106. The molecule has 7 rings (SSSR count). The third-order valence-electron chi connectivity index (χ3n) is 9.12. The highest BCUT2D eigenvalue weighted by Gasteiger charge is 2.35. The number of esters is 1. The number of aryl methyl sites for hydroxylation is 1. The number of ether oxygens (including phenoxy) is 1. The molecule has 2 aromatic carbocycles. The zero-order chi connectivity index (χ0) is 36.2. The number of aliphatic imine (C=N–C) groups is 1. The fourth-order valence-corrected chi connectivity index (χ4v) is 8.27. The van der Waals surface area contributed by atoms with Crippen LogP contribution in [0.4, 0.5) is 0 Å². The van der Waals surface area contributed by atoms with E-state index in [1.54, 1.807) is 30.7 Å². The quantitative estimate of drug-likeness (QED) is 0.0604. The lowest BCUT2D eigenvalue weighted by atomic mass is 9.94. The predicted octanol–water partition coefficient (Wildman–Crippen LogP) is 7.30. The zero-order valence-corrected chi connectivity index (χ0v) is 30.8. The average Bonchev–Trinajstić information content (AvgIpc) is 3.70. The molecular formula is C39H38ClN7O4S. The van der Waals surface area contributed by atoms with Crippen molar-refractivity contribution < 1.29 is 19.2 Å². The van der Waals surface area contributed by atoms with Crippen molar-refractivity contribution in [2.24, 2.45) is 10.1 Å². The van der Waals surface area contributed by atoms with E-state index in [1.165, 1.54) is 0 Å². The molecule has 1 atom stereocenters. The fraction of sp³-hybridized carbons (Fsp3) is 0.308. The number of unbranched alkanes of at least 4 members (excludes halogenated alkanes) is 1. The Morgan fingerprint density at radius 2 is 1.85 bits per heavy atom. The smallest absolute Gasteiger partial charge is 0.305 e. The molecule has 1 amide bonds. The van der Waals surface area contributed by atoms with Crippen molar-refractivity contribution in [3.63, 3.8) is 0 Å². The van der Waals surface area contributed by atoms with Gasteiger partial charge in [-0.25, -0.2) is 0 Å². The molecule has 0 N–H and O–H groups in total. The van der Waals surface area contributed by atoms with Gasteiger partial charge in [0.2, 0.25) is 0 Å². The summed E-state index contributed by atoms with van der Waals surface area (Å²) in [5.74, 6) is 1.22. The van der Waals surface area contributed by atoms with E-state index in [0.29, 0.717) is 73.8 Å². The topological polar surface area (TPSA) is 124 Å². The van der Waals surface area contributed by atoms with Crippen LogP contribution >= 0.6 is 22.9 Å². The number of amides is 1. The van der Waals surface area contributed by atoms with Gasteiger partial charge in [-0.15, -0.1) is 21.5 Å². The van der Waals surface area contributed by atoms with E-state index in [9.17, 15) is 9.59 Å². The maximum atomic E-state index is 14.5. The van der Waals surface area contributed by atoms with Crippen LogP contribution in [0.15, 0.2) is 83.2 Å². The Morgan fingerprint density at radius 3 is 2.63 bits per heavy atom. The Bertz CT molecular complexity index is 2180. The van der Waals surface area contributed by atoms with Crippen LogP contribution in [-0.2, 0) is 27.3 Å². The predicted molar refractivity (Wildman–Crippen MR) is 201 cm³/mol. The molecule has 0 aliphatic carbocycles. The van der Waals surface area contributed by atoms with Crippen molar-refractivity contribution in [2.45, 2.75) is 59.0 Å². The van der Waals surface area contributed by atoms with Crippen molar-refractivity contribution in [1.82, 2.24) is 24.6 Å². The number of benzene rings is 2. The van der Waals surface area contributed by atoms with Gasteiger partial charge in [0.15, 0.2) is 5.82 Å². The van der Waals surface area contributed by atoms with Crippen LogP contribution in [0, 0.1) is 6.92 Å². The second-order valence-electron chi connectivity index (χ2n) is 12.6. The molecule has 0 saturated heterocycles. The van der Waals surface area contributed by atoms with Crippen molar-refractivity contribution >= 4 is 46.2 Å². The number of hydrogen-bond donors (Lipinski definition) is 0. The summed E-state index contributed by atoms with van der Waals surface area (Å²) in [6, 6.07) is 18.7. The highest BCUT2D eigenvalue weighted by atomic mass is 35.5. The number of pyridine rings is 1. The summed E-state index contributed by atoms with van der Waals surface area (Å²) in [4.78, 5) is 44.4. The van der Waals surface area contributed by atoms with Gasteiger partial charge in [-0.2, -0.15) is 0 Å². The van der Waals surface area contributed by atoms with E-state index in [2.05, 4.69) is 24.9 Å². The van der Waals surface area contributed by atoms with Crippen LogP contribution in [0.3, 0.4) is 0 Å². The van der Waals surface area contributed by atoms with E-state index in [4.69, 9.17) is 26.2 Å². The minimum Gasteiger partial charge on any atom is -0.466 e. The first kappa shape index (κ1) is 35.2. The van der Waals surface area contributed by atoms with Crippen LogP contribution in [-0.4, -0.2) is 67.7 Å². The summed E-state index contributed by atoms with van der Waals surface area (Å²) in [6.07, 6.45) is 5.61. The number of aromatic nitrogens is 4. The van der Waals surface area contributed by atoms with Crippen LogP contribution in [0.1, 0.15) is 93.9 Å². The Labute approximate surface area is 311 Å². The first-order chi connectivity index (χ1) is 25.4. The largest absolute Gasteiger partial charge is 0.466 e. The monoisotopic (exact) mass is 735 g/mol. The van der Waals surface area contributed by atoms with Crippen LogP contribution < -0.4 is 0 Å². The summed E-state index contributed by atoms with van der Waals surface area (Å²) in [6.45, 7) is 7.38. The van der Waals surface area contributed by atoms with Gasteiger partial charge in [0.25, 0.3) is 5.91 Å². The van der Waals surface area contributed by atoms with Gasteiger partial charge in [-0.05, 0) is 69.9 Å². The Hall–Kier alpha value is -5.20. The number of fused-ring (bicyclic) bond motifs is 5. The molecule has 5 heterocycles. The van der Waals surface area contributed by atoms with Crippen LogP contribution in [0.25, 0.3) is 5.00 Å². The molecular weight excluding hydrogens is 698 g/mol. The molecule has 5 aromatic rings. The van der Waals surface area contributed by atoms with Crippen molar-refractivity contribution in [3.8, 4) is 5.00 Å². The molecule has 0 radical (unpaired) electrons. The zero-order valence-electron chi connectivity index (χ0n) is 29.2. The first-order valence-electron chi connectivity index (χ1n) is 17.4. The number of carbonyl (C=O) groups excluding carboxylic acids is 2. The molecule has 0 fully saturated rings. The number of carbonyl (C=O) groups is 2. The highest BCUT2D eigenvalue weighted by Crippen LogP contribution is 2.42. The number of rotatable bonds is 11. The third kappa shape index (κ3) is 7.00. The lowest BCUT2D eigenvalue weighted by Gasteiger charge is -2.28. The number of halogens is 1. The molecule has 2 aliphatic heterocycles. The van der Waals surface area contributed by atoms with Gasteiger partial charge in [-0.1, -0.05) is 53.2 Å². The molecule has 0 spiro atoms. The number of hydrogen-bond acceptors (Lipinski definition) is 10. The molecule has 2 aliphatic rings. The van der Waals surface area contributed by atoms with Gasteiger partial charge >= 0.3 is 5.97 Å². The first-order valence-corrected chi connectivity index (χ1v) is 18.6. The number of oxime groups is 1. The Balaban J connectivity index is 1.19. The van der Waals surface area contributed by atoms with E-state index in [1.807, 2.05) is 79.4 Å². The minimum atomic E-state index is -0.231. The summed E-state index contributed by atoms with van der Waals surface area (Å²) >= 11 is 8.43. The van der Waals surface area contributed by atoms with Gasteiger partial charge in [-0.3, -0.25) is 24.1 Å². The molecule has 13 heteroatoms. The van der Waals surface area contributed by atoms with Crippen molar-refractivity contribution in [3.05, 3.63) is 128 Å². The van der Waals surface area contributed by atoms with E-state index >= 15 is 0 Å². The molecule has 52 heavy (non-hydrogen) atoms. The number of thiophene rings is 1. The van der Waals surface area contributed by atoms with Crippen molar-refractivity contribution in [1.29, 1.82) is 0 Å². The van der Waals surface area contributed by atoms with E-state index < -0.39 is 0 Å². The van der Waals surface area contributed by atoms with E-state index in [0.717, 1.165) is 49.5 Å². The Morgan fingerprint density at radius 1 is 1.04 bits per heavy atom. The fourth-order valence-electron chi connectivity index (χ4n) is 6.62. The SMILES string of the molecule is CCOC(=O)CCCCO/N=C(\c1cccnc1)c1ccccc1C(=O)N1CCc2c(sc3c2C(c2ccccc2Cl)=NC(C)c2nnc(C)n2-3)C1. The van der Waals surface area contributed by atoms with Crippen LogP contribution in [0.5, 0.6) is 0 Å². The Kier molecular flexibility index (Phi) is 10.6. The molecule has 11 nitrogen and oxygen atoms in total. The van der Waals surface area contributed by atoms with Gasteiger partial charge in [0.1, 0.15) is 29.2 Å².